The van der Waals surface area contributed by atoms with Crippen molar-refractivity contribution in [3.63, 3.8) is 0 Å². The molecule has 0 heterocycles. The third kappa shape index (κ3) is 8.04. The van der Waals surface area contributed by atoms with Gasteiger partial charge in [0.05, 0.1) is 12.7 Å². The first-order valence-corrected chi connectivity index (χ1v) is 10.1. The molecule has 0 amide bonds. The molecule has 0 radical (unpaired) electrons. The van der Waals surface area contributed by atoms with Gasteiger partial charge in [-0.25, -0.2) is 0 Å². The van der Waals surface area contributed by atoms with E-state index in [0.29, 0.717) is 6.61 Å². The molecule has 0 aromatic carbocycles. The van der Waals surface area contributed by atoms with Crippen LogP contribution in [0.4, 0.5) is 0 Å². The van der Waals surface area contributed by atoms with Crippen LogP contribution in [0.2, 0.25) is 18.6 Å². The van der Waals surface area contributed by atoms with E-state index in [0.717, 1.165) is 12.5 Å². The van der Waals surface area contributed by atoms with Gasteiger partial charge in [-0.3, -0.25) is 0 Å². The van der Waals surface area contributed by atoms with Gasteiger partial charge in [-0.2, -0.15) is 0 Å². The molecule has 0 aliphatic carbocycles. The number of hydrogen-bond acceptors (Lipinski definition) is 4. The maximum Gasteiger partial charge on any atom is 0.189 e. The molecule has 0 saturated heterocycles. The van der Waals surface area contributed by atoms with Crippen molar-refractivity contribution in [3.05, 3.63) is 0 Å². The maximum absolute atomic E-state index is 9.82. The predicted molar refractivity (Wildman–Crippen MR) is 80.9 cm³/mol. The molecule has 116 valence electrons. The minimum atomic E-state index is -1.55. The molecule has 0 fully saturated rings. The van der Waals surface area contributed by atoms with E-state index in [4.69, 9.17) is 9.16 Å². The average molecular weight is 292 g/mol. The number of unbranched alkanes of at least 4 members (excludes halogenated alkanes) is 1. The molecule has 0 aromatic heterocycles. The minimum absolute atomic E-state index is 0.172. The largest absolute Gasteiger partial charge is 0.420 e. The third-order valence-corrected chi connectivity index (χ3v) is 7.65. The fourth-order valence-electron chi connectivity index (χ4n) is 1.83. The first-order valence-electron chi connectivity index (χ1n) is 7.31. The fraction of sp³-hybridized carbons (Fsp3) is 1.00. The van der Waals surface area contributed by atoms with Crippen molar-refractivity contribution in [1.82, 2.24) is 0 Å². The van der Waals surface area contributed by atoms with Gasteiger partial charge in [0, 0.05) is 13.7 Å². The number of aliphatic hydroxyl groups is 2. The van der Waals surface area contributed by atoms with Crippen LogP contribution in [0, 0.1) is 0 Å². The van der Waals surface area contributed by atoms with Gasteiger partial charge in [0.15, 0.2) is 8.32 Å². The van der Waals surface area contributed by atoms with Crippen molar-refractivity contribution in [1.29, 1.82) is 0 Å². The molecule has 0 saturated carbocycles. The Labute approximate surface area is 119 Å². The second kappa shape index (κ2) is 9.08. The number of aliphatic hydroxyl groups excluding tert-OH is 1. The van der Waals surface area contributed by atoms with Crippen LogP contribution < -0.4 is 0 Å². The quantitative estimate of drug-likeness (QED) is 0.454. The van der Waals surface area contributed by atoms with Crippen LogP contribution in [-0.4, -0.2) is 50.6 Å². The van der Waals surface area contributed by atoms with Gasteiger partial charge in [-0.05, 0) is 38.9 Å². The predicted octanol–water partition coefficient (Wildman–Crippen LogP) is 2.55. The zero-order chi connectivity index (χ0) is 14.9. The molecule has 0 spiro atoms. The van der Waals surface area contributed by atoms with E-state index in [-0.39, 0.29) is 6.61 Å². The molecule has 0 rings (SSSR count). The van der Waals surface area contributed by atoms with Crippen LogP contribution in [0.3, 0.4) is 0 Å². The lowest BCUT2D eigenvalue weighted by Crippen LogP contribution is -2.42. The van der Waals surface area contributed by atoms with E-state index in [1.807, 2.05) is 7.11 Å². The lowest BCUT2D eigenvalue weighted by Gasteiger charge is -2.27. The van der Waals surface area contributed by atoms with Gasteiger partial charge in [0.1, 0.15) is 5.60 Å². The Bertz CT molecular complexity index is 233. The molecule has 2 N–H and O–H groups in total. The van der Waals surface area contributed by atoms with Crippen molar-refractivity contribution in [3.8, 4) is 0 Å². The van der Waals surface area contributed by atoms with Gasteiger partial charge in [-0.1, -0.05) is 19.8 Å². The highest BCUT2D eigenvalue weighted by Gasteiger charge is 2.28. The van der Waals surface area contributed by atoms with E-state index in [1.165, 1.54) is 18.9 Å². The Kier molecular flexibility index (Phi) is 9.10. The molecule has 5 heteroatoms. The standard InChI is InChI=1S/C14H32O4Si/c1-6-7-10-19(5,17-4)11-8-9-18-12-14(3,16)13(2)15/h13,15-16H,6-12H2,1-5H3. The summed E-state index contributed by atoms with van der Waals surface area (Å²) in [7, 11) is 0.266. The zero-order valence-corrected chi connectivity index (χ0v) is 14.2. The molecule has 0 aliphatic rings. The third-order valence-electron chi connectivity index (χ3n) is 3.84. The summed E-state index contributed by atoms with van der Waals surface area (Å²) in [5.41, 5.74) is -1.16. The monoisotopic (exact) mass is 292 g/mol. The van der Waals surface area contributed by atoms with E-state index in [9.17, 15) is 10.2 Å². The molecular weight excluding hydrogens is 260 g/mol. The van der Waals surface area contributed by atoms with Crippen molar-refractivity contribution in [2.75, 3.05) is 20.3 Å². The summed E-state index contributed by atoms with van der Waals surface area (Å²) < 4.78 is 11.2. The van der Waals surface area contributed by atoms with Crippen molar-refractivity contribution >= 4 is 8.32 Å². The lowest BCUT2D eigenvalue weighted by molar-refractivity contribution is -0.102. The topological polar surface area (TPSA) is 58.9 Å². The van der Waals surface area contributed by atoms with Gasteiger partial charge in [-0.15, -0.1) is 0 Å². The van der Waals surface area contributed by atoms with Crippen molar-refractivity contribution < 1.29 is 19.4 Å². The van der Waals surface area contributed by atoms with E-state index >= 15 is 0 Å². The molecule has 0 aromatic rings. The molecule has 4 nitrogen and oxygen atoms in total. The summed E-state index contributed by atoms with van der Waals surface area (Å²) in [6.45, 7) is 8.42. The summed E-state index contributed by atoms with van der Waals surface area (Å²) >= 11 is 0. The van der Waals surface area contributed by atoms with E-state index < -0.39 is 20.0 Å². The Hall–Kier alpha value is 0.0569. The summed E-state index contributed by atoms with van der Waals surface area (Å²) in [4.78, 5) is 0. The normalized spacial score (nSPS) is 19.7. The lowest BCUT2D eigenvalue weighted by atomic mass is 10.0. The minimum Gasteiger partial charge on any atom is -0.420 e. The van der Waals surface area contributed by atoms with Gasteiger partial charge in [0.25, 0.3) is 0 Å². The van der Waals surface area contributed by atoms with Crippen LogP contribution in [0.15, 0.2) is 0 Å². The molecule has 3 atom stereocenters. The Morgan fingerprint density at radius 2 is 1.84 bits per heavy atom. The van der Waals surface area contributed by atoms with Gasteiger partial charge < -0.3 is 19.4 Å². The highest BCUT2D eigenvalue weighted by molar-refractivity contribution is 6.72. The van der Waals surface area contributed by atoms with Crippen LogP contribution in [0.1, 0.15) is 40.0 Å². The number of rotatable bonds is 11. The van der Waals surface area contributed by atoms with Crippen molar-refractivity contribution in [2.24, 2.45) is 0 Å². The highest BCUT2D eigenvalue weighted by Crippen LogP contribution is 2.21. The van der Waals surface area contributed by atoms with Gasteiger partial charge in [0.2, 0.25) is 0 Å². The smallest absolute Gasteiger partial charge is 0.189 e. The summed E-state index contributed by atoms with van der Waals surface area (Å²) in [6.07, 6.45) is 2.61. The van der Waals surface area contributed by atoms with E-state index in [2.05, 4.69) is 13.5 Å². The average Bonchev–Trinajstić information content (AvgIpc) is 2.35. The van der Waals surface area contributed by atoms with E-state index in [1.54, 1.807) is 13.8 Å². The summed E-state index contributed by atoms with van der Waals surface area (Å²) in [5, 5.41) is 19.2. The zero-order valence-electron chi connectivity index (χ0n) is 13.2. The fourth-order valence-corrected chi connectivity index (χ4v) is 4.48. The number of hydrogen-bond donors (Lipinski definition) is 2. The molecule has 19 heavy (non-hydrogen) atoms. The molecule has 3 unspecified atom stereocenters. The Morgan fingerprint density at radius 3 is 2.32 bits per heavy atom. The van der Waals surface area contributed by atoms with Crippen LogP contribution in [0.25, 0.3) is 0 Å². The Balaban J connectivity index is 3.84. The molecular formula is C14H32O4Si. The molecule has 0 bridgehead atoms. The maximum atomic E-state index is 9.82. The Morgan fingerprint density at radius 1 is 1.26 bits per heavy atom. The second-order valence-corrected chi connectivity index (χ2v) is 10.3. The first-order chi connectivity index (χ1) is 8.77. The first kappa shape index (κ1) is 19.1. The summed E-state index contributed by atoms with van der Waals surface area (Å²) in [5.74, 6) is 0. The van der Waals surface area contributed by atoms with Gasteiger partial charge >= 0.3 is 0 Å². The van der Waals surface area contributed by atoms with Crippen LogP contribution in [-0.2, 0) is 9.16 Å². The SMILES string of the molecule is CCCC[Si](C)(CCCOCC(C)(O)C(C)O)OC. The van der Waals surface area contributed by atoms with Crippen LogP contribution in [0.5, 0.6) is 0 Å². The second-order valence-electron chi connectivity index (χ2n) is 5.95. The van der Waals surface area contributed by atoms with Crippen molar-refractivity contribution in [2.45, 2.75) is 70.4 Å². The molecule has 0 aliphatic heterocycles. The van der Waals surface area contributed by atoms with Crippen LogP contribution >= 0.6 is 0 Å². The summed E-state index contributed by atoms with van der Waals surface area (Å²) in [6, 6.07) is 2.28. The number of ether oxygens (including phenoxy) is 1. The highest BCUT2D eigenvalue weighted by atomic mass is 28.4.